The molecule has 352 valence electrons. The maximum atomic E-state index is 11.5. The van der Waals surface area contributed by atoms with Crippen LogP contribution in [0.15, 0.2) is 90.7 Å². The van der Waals surface area contributed by atoms with E-state index in [1.165, 1.54) is 18.4 Å². The molecule has 2 aliphatic heterocycles. The molecule has 67 heavy (non-hydrogen) atoms. The van der Waals surface area contributed by atoms with Gasteiger partial charge in [-0.3, -0.25) is 0 Å². The van der Waals surface area contributed by atoms with Gasteiger partial charge < -0.3 is 18.7 Å². The van der Waals surface area contributed by atoms with Gasteiger partial charge in [0.15, 0.2) is 5.71 Å². The molecule has 0 atom stereocenters. The van der Waals surface area contributed by atoms with E-state index in [1.807, 2.05) is 30.4 Å². The largest absolute Gasteiger partial charge is 1.00 e. The molecule has 0 aromatic heterocycles. The molecule has 0 unspecified atom stereocenters. The Hall–Kier alpha value is -2.67. The van der Waals surface area contributed by atoms with Crippen LogP contribution in [0.5, 0.6) is 5.75 Å². The first-order valence-electron chi connectivity index (χ1n) is 22.3. The minimum atomic E-state index is -4.32. The molecular weight excluding hydrogens is 931 g/mol. The minimum absolute atomic E-state index is 0. The summed E-state index contributed by atoms with van der Waals surface area (Å²) in [6.07, 6.45) is 16.5. The van der Waals surface area contributed by atoms with Gasteiger partial charge in [0.25, 0.3) is 0 Å². The number of hydrogen-bond acceptors (Lipinski definition) is 11. The Kier molecular flexibility index (Phi) is 22.3. The number of hydrogen-bond donors (Lipinski definition) is 0. The summed E-state index contributed by atoms with van der Waals surface area (Å²) in [5.74, 6) is 0.791. The van der Waals surface area contributed by atoms with Crippen molar-refractivity contribution in [3.63, 3.8) is 0 Å². The van der Waals surface area contributed by atoms with Gasteiger partial charge >= 0.3 is 69.7 Å². The standard InChI is InChI=1S/C50H64N2O7S2.2Na.O3S/c1-36(2)20-10-9-17-31-59-43-35-37(3)34-39-26-28-42-48(46(39)43)50(6,7)45(52(42)30-16-19-33-61(56,57)58)24-12-8-11-23-44-49(4,5)47-40-22-14-13-21-38(40)25-27-41(47)51(44)29-15-18-32-60(53,54)55;;;1-4(2)3/h8,11-12,14,21-28,34-36H,9-10,15-20,29-33H2,1-7H3,(H,53,54,55)(H,56,57,58);;;/q;2*+1;/p-2. The molecule has 0 saturated carbocycles. The van der Waals surface area contributed by atoms with E-state index in [9.17, 15) is 25.9 Å². The average molecular weight is 993 g/mol. The molecular formula is C50H62N2Na2O10S3. The molecule has 0 radical (unpaired) electrons. The Balaban J connectivity index is 0.00000191. The Labute approximate surface area is 444 Å². The van der Waals surface area contributed by atoms with Crippen LogP contribution in [-0.2, 0) is 41.7 Å². The van der Waals surface area contributed by atoms with Gasteiger partial charge in [0.1, 0.15) is 12.3 Å². The number of unbranched alkanes of at least 4 members (excludes halogenated alkanes) is 4. The maximum absolute atomic E-state index is 11.5. The predicted octanol–water partition coefficient (Wildman–Crippen LogP) is 3.52. The zero-order chi connectivity index (χ0) is 47.7. The first-order valence-corrected chi connectivity index (χ1v) is 26.4. The summed E-state index contributed by atoms with van der Waals surface area (Å²) in [6, 6.07) is 22.1. The van der Waals surface area contributed by atoms with Crippen molar-refractivity contribution in [3.8, 4) is 5.75 Å². The number of allylic oxidation sites excluding steroid dienone is 6. The van der Waals surface area contributed by atoms with Gasteiger partial charge in [0, 0.05) is 58.3 Å². The number of fused-ring (bicyclic) bond motifs is 6. The molecule has 4 aromatic rings. The summed E-state index contributed by atoms with van der Waals surface area (Å²) < 4.78 is 103. The van der Waals surface area contributed by atoms with Crippen LogP contribution in [0.25, 0.3) is 21.5 Å². The Bertz CT molecular complexity index is 2850. The maximum Gasteiger partial charge on any atom is 1.00 e. The molecule has 0 N–H and O–H groups in total. The van der Waals surface area contributed by atoms with E-state index in [4.69, 9.17) is 17.4 Å². The van der Waals surface area contributed by atoms with Crippen molar-refractivity contribution in [2.75, 3.05) is 36.1 Å². The zero-order valence-electron chi connectivity index (χ0n) is 40.6. The third-order valence-corrected chi connectivity index (χ3v) is 13.8. The van der Waals surface area contributed by atoms with E-state index in [2.05, 4.69) is 119 Å². The SMILES string of the molecule is Cc1cc(OCCCCCC(C)C)c2c3c(ccc2c1)N(CCCCS(=O)(=O)[O-])/C(=C/C=C/C=C/C1=[N+](CCCCS(=O)(=O)[O-])c2ccc4c[c-]ccc4c2C1(C)C)C3(C)C.O=S(=O)=O.[Na+].[Na+]. The Morgan fingerprint density at radius 3 is 2.10 bits per heavy atom. The van der Waals surface area contributed by atoms with Crippen molar-refractivity contribution in [2.45, 2.75) is 111 Å². The van der Waals surface area contributed by atoms with Crippen molar-refractivity contribution >= 4 is 69.5 Å². The Morgan fingerprint density at radius 1 is 0.791 bits per heavy atom. The molecule has 12 nitrogen and oxygen atoms in total. The van der Waals surface area contributed by atoms with E-state index < -0.39 is 42.0 Å². The predicted molar refractivity (Wildman–Crippen MR) is 257 cm³/mol. The molecule has 6 rings (SSSR count). The van der Waals surface area contributed by atoms with Crippen LogP contribution >= 0.6 is 0 Å². The summed E-state index contributed by atoms with van der Waals surface area (Å²) in [7, 11) is -11.7. The van der Waals surface area contributed by atoms with Crippen molar-refractivity contribution < 1.29 is 107 Å². The molecule has 0 aliphatic carbocycles. The third-order valence-electron chi connectivity index (χ3n) is 12.2. The second-order valence-electron chi connectivity index (χ2n) is 18.4. The van der Waals surface area contributed by atoms with Crippen molar-refractivity contribution in [1.29, 1.82) is 0 Å². The minimum Gasteiger partial charge on any atom is -0.748 e. The van der Waals surface area contributed by atoms with Crippen LogP contribution in [0.2, 0.25) is 0 Å². The normalized spacial score (nSPS) is 15.8. The van der Waals surface area contributed by atoms with Crippen LogP contribution in [0.3, 0.4) is 0 Å². The first-order chi connectivity index (χ1) is 30.5. The van der Waals surface area contributed by atoms with Gasteiger partial charge in [0.05, 0.1) is 32.3 Å². The summed E-state index contributed by atoms with van der Waals surface area (Å²) in [5, 5.41) is 4.45. The van der Waals surface area contributed by atoms with E-state index in [1.54, 1.807) is 0 Å². The van der Waals surface area contributed by atoms with Crippen LogP contribution < -0.4 is 68.8 Å². The molecule has 0 fully saturated rings. The molecule has 0 amide bonds. The van der Waals surface area contributed by atoms with Gasteiger partial charge in [-0.05, 0) is 93.2 Å². The van der Waals surface area contributed by atoms with Crippen LogP contribution in [0.1, 0.15) is 110 Å². The van der Waals surface area contributed by atoms with Crippen LogP contribution in [0, 0.1) is 18.9 Å². The van der Waals surface area contributed by atoms with E-state index in [-0.39, 0.29) is 83.1 Å². The van der Waals surface area contributed by atoms with Gasteiger partial charge in [-0.25, -0.2) is 16.8 Å². The molecule has 0 spiro atoms. The summed E-state index contributed by atoms with van der Waals surface area (Å²) in [4.78, 5) is 2.27. The fourth-order valence-electron chi connectivity index (χ4n) is 9.35. The second-order valence-corrected chi connectivity index (χ2v) is 21.9. The fraction of sp³-hybridized carbons (Fsp3) is 0.460. The first kappa shape index (κ1) is 58.6. The molecule has 0 bridgehead atoms. The van der Waals surface area contributed by atoms with Crippen LogP contribution in [0.4, 0.5) is 11.4 Å². The third kappa shape index (κ3) is 15.7. The van der Waals surface area contributed by atoms with Gasteiger partial charge in [-0.1, -0.05) is 77.3 Å². The quantitative estimate of drug-likeness (QED) is 0.0316. The van der Waals surface area contributed by atoms with Gasteiger partial charge in [-0.15, -0.1) is 29.5 Å². The van der Waals surface area contributed by atoms with E-state index >= 15 is 0 Å². The van der Waals surface area contributed by atoms with Crippen molar-refractivity contribution in [3.05, 3.63) is 113 Å². The second kappa shape index (κ2) is 25.4. The van der Waals surface area contributed by atoms with Gasteiger partial charge in [-0.2, -0.15) is 28.8 Å². The fourth-order valence-corrected chi connectivity index (χ4v) is 10.5. The van der Waals surface area contributed by atoms with Crippen molar-refractivity contribution in [2.24, 2.45) is 5.92 Å². The molecule has 17 heteroatoms. The monoisotopic (exact) mass is 992 g/mol. The number of nitrogens with zero attached hydrogens (tertiary/aromatic N) is 2. The number of ether oxygens (including phenoxy) is 1. The molecule has 4 aromatic carbocycles. The topological polar surface area (TPSA) is 181 Å². The summed E-state index contributed by atoms with van der Waals surface area (Å²) in [6.45, 7) is 17.2. The van der Waals surface area contributed by atoms with E-state index in [0.717, 1.165) is 74.0 Å². The summed E-state index contributed by atoms with van der Waals surface area (Å²) >= 11 is 0. The molecule has 2 heterocycles. The summed E-state index contributed by atoms with van der Waals surface area (Å²) in [5.41, 5.74) is 6.92. The zero-order valence-corrected chi connectivity index (χ0v) is 47.0. The smallest absolute Gasteiger partial charge is 0.748 e. The average Bonchev–Trinajstić information content (AvgIpc) is 3.56. The Morgan fingerprint density at radius 2 is 1.45 bits per heavy atom. The number of benzene rings is 4. The molecule has 0 saturated heterocycles. The number of anilines is 1. The van der Waals surface area contributed by atoms with Gasteiger partial charge in [0.2, 0.25) is 5.69 Å². The number of aryl methyl sites for hydroxylation is 1. The van der Waals surface area contributed by atoms with Crippen molar-refractivity contribution in [1.82, 2.24) is 0 Å². The van der Waals surface area contributed by atoms with E-state index in [0.29, 0.717) is 38.5 Å². The van der Waals surface area contributed by atoms with Crippen LogP contribution in [-0.4, -0.2) is 80.1 Å². The molecule has 2 aliphatic rings. The number of rotatable bonds is 20.